The van der Waals surface area contributed by atoms with Gasteiger partial charge in [-0.05, 0) is 51.1 Å². The number of hydrogen-bond donors (Lipinski definition) is 0. The summed E-state index contributed by atoms with van der Waals surface area (Å²) in [6.45, 7) is 6.15. The second kappa shape index (κ2) is 8.43. The molecule has 0 atom stereocenters. The number of rotatable bonds is 6. The number of ether oxygens (including phenoxy) is 1. The molecule has 7 nitrogen and oxygen atoms in total. The molecule has 3 aromatic heterocycles. The maximum absolute atomic E-state index is 13.1. The first-order chi connectivity index (χ1) is 16.0. The van der Waals surface area contributed by atoms with E-state index in [0.717, 1.165) is 22.6 Å². The number of aryl methyl sites for hydroxylation is 1. The van der Waals surface area contributed by atoms with Crippen molar-refractivity contribution in [2.45, 2.75) is 33.4 Å². The van der Waals surface area contributed by atoms with Crippen LogP contribution in [0.2, 0.25) is 0 Å². The summed E-state index contributed by atoms with van der Waals surface area (Å²) >= 11 is 0. The Labute approximate surface area is 190 Å². The molecule has 0 N–H and O–H groups in total. The summed E-state index contributed by atoms with van der Waals surface area (Å²) in [6, 6.07) is 19.3. The van der Waals surface area contributed by atoms with Gasteiger partial charge in [-0.15, -0.1) is 0 Å². The maximum atomic E-state index is 13.1. The van der Waals surface area contributed by atoms with Crippen LogP contribution in [0.3, 0.4) is 0 Å². The van der Waals surface area contributed by atoms with Gasteiger partial charge in [-0.25, -0.2) is 9.50 Å². The average molecular weight is 441 g/mol. The Balaban J connectivity index is 1.42. The van der Waals surface area contributed by atoms with Gasteiger partial charge in [-0.3, -0.25) is 4.79 Å². The van der Waals surface area contributed by atoms with Crippen LogP contribution in [0.4, 0.5) is 0 Å². The fraction of sp³-hybridized carbons (Fsp3) is 0.192. The topological polar surface area (TPSA) is 74.6 Å². The molecular weight excluding hydrogens is 416 g/mol. The Kier molecular flexibility index (Phi) is 5.30. The third kappa shape index (κ3) is 4.17. The first-order valence-corrected chi connectivity index (χ1v) is 10.9. The van der Waals surface area contributed by atoms with Crippen molar-refractivity contribution in [3.8, 4) is 28.5 Å². The smallest absolute Gasteiger partial charge is 0.276 e. The molecular formula is C26H24N4O3. The third-order valence-corrected chi connectivity index (χ3v) is 5.36. The molecule has 0 spiro atoms. The van der Waals surface area contributed by atoms with E-state index >= 15 is 0 Å². The Hall–Kier alpha value is -4.13. The van der Waals surface area contributed by atoms with Crippen molar-refractivity contribution in [2.24, 2.45) is 0 Å². The van der Waals surface area contributed by atoms with Crippen molar-refractivity contribution >= 4 is 5.52 Å². The van der Waals surface area contributed by atoms with Crippen molar-refractivity contribution in [3.63, 3.8) is 0 Å². The first-order valence-electron chi connectivity index (χ1n) is 10.9. The van der Waals surface area contributed by atoms with E-state index < -0.39 is 0 Å². The normalized spacial score (nSPS) is 11.4. The van der Waals surface area contributed by atoms with Crippen LogP contribution in [0.15, 0.2) is 82.3 Å². The van der Waals surface area contributed by atoms with Crippen molar-refractivity contribution in [3.05, 3.63) is 94.9 Å². The number of fused-ring (bicyclic) bond motifs is 1. The highest BCUT2D eigenvalue weighted by molar-refractivity contribution is 5.65. The van der Waals surface area contributed by atoms with Crippen molar-refractivity contribution in [1.82, 2.24) is 19.2 Å². The molecule has 3 heterocycles. The molecule has 7 heteroatoms. The van der Waals surface area contributed by atoms with E-state index in [1.807, 2.05) is 81.4 Å². The van der Waals surface area contributed by atoms with Crippen LogP contribution in [0.5, 0.6) is 5.75 Å². The summed E-state index contributed by atoms with van der Waals surface area (Å²) in [4.78, 5) is 17.8. The second-order valence-corrected chi connectivity index (χ2v) is 8.17. The molecule has 0 aliphatic rings. The molecule has 166 valence electrons. The molecule has 0 aliphatic heterocycles. The number of benzene rings is 2. The van der Waals surface area contributed by atoms with Gasteiger partial charge in [0.15, 0.2) is 0 Å². The molecule has 0 radical (unpaired) electrons. The summed E-state index contributed by atoms with van der Waals surface area (Å²) in [5.41, 5.74) is 3.67. The number of oxazole rings is 1. The Morgan fingerprint density at radius 1 is 1.00 bits per heavy atom. The molecule has 0 amide bonds. The van der Waals surface area contributed by atoms with E-state index in [1.165, 1.54) is 0 Å². The van der Waals surface area contributed by atoms with Gasteiger partial charge in [0.1, 0.15) is 22.7 Å². The van der Waals surface area contributed by atoms with Gasteiger partial charge < -0.3 is 13.7 Å². The lowest BCUT2D eigenvalue weighted by Crippen LogP contribution is -2.22. The second-order valence-electron chi connectivity index (χ2n) is 8.17. The van der Waals surface area contributed by atoms with Gasteiger partial charge in [-0.1, -0.05) is 30.3 Å². The van der Waals surface area contributed by atoms with E-state index in [0.29, 0.717) is 29.4 Å². The molecule has 5 aromatic rings. The zero-order valence-corrected chi connectivity index (χ0v) is 18.7. The summed E-state index contributed by atoms with van der Waals surface area (Å²) in [7, 11) is 0. The van der Waals surface area contributed by atoms with Gasteiger partial charge in [0, 0.05) is 23.5 Å². The lowest BCUT2D eigenvalue weighted by molar-refractivity contribution is 0.242. The predicted molar refractivity (Wildman–Crippen MR) is 126 cm³/mol. The van der Waals surface area contributed by atoms with Gasteiger partial charge in [0.2, 0.25) is 5.89 Å². The van der Waals surface area contributed by atoms with E-state index in [4.69, 9.17) is 9.15 Å². The SMILES string of the molecule is Cc1oc(-c2ccc(OC(C)C)cc2)nc1Cn1ccn2nc(-c3ccccc3)cc2c1=O. The summed E-state index contributed by atoms with van der Waals surface area (Å²) in [5, 5.41) is 4.54. The Bertz CT molecular complexity index is 1460. The summed E-state index contributed by atoms with van der Waals surface area (Å²) in [5.74, 6) is 1.99. The minimum absolute atomic E-state index is 0.113. The predicted octanol–water partition coefficient (Wildman–Crippen LogP) is 4.96. The van der Waals surface area contributed by atoms with Crippen LogP contribution in [0.1, 0.15) is 25.3 Å². The largest absolute Gasteiger partial charge is 0.491 e. The monoisotopic (exact) mass is 440 g/mol. The van der Waals surface area contributed by atoms with Crippen molar-refractivity contribution in [2.75, 3.05) is 0 Å². The zero-order valence-electron chi connectivity index (χ0n) is 18.7. The highest BCUT2D eigenvalue weighted by Crippen LogP contribution is 2.25. The highest BCUT2D eigenvalue weighted by Gasteiger charge is 2.15. The molecule has 0 saturated heterocycles. The van der Waals surface area contributed by atoms with Crippen LogP contribution in [-0.2, 0) is 6.54 Å². The zero-order chi connectivity index (χ0) is 22.9. The van der Waals surface area contributed by atoms with Gasteiger partial charge in [0.25, 0.3) is 5.56 Å². The lowest BCUT2D eigenvalue weighted by Gasteiger charge is -2.09. The number of hydrogen-bond acceptors (Lipinski definition) is 5. The first kappa shape index (κ1) is 20.8. The Morgan fingerprint density at radius 2 is 1.76 bits per heavy atom. The quantitative estimate of drug-likeness (QED) is 0.373. The van der Waals surface area contributed by atoms with E-state index in [-0.39, 0.29) is 11.7 Å². The summed E-state index contributed by atoms with van der Waals surface area (Å²) < 4.78 is 14.8. The average Bonchev–Trinajstić information content (AvgIpc) is 3.41. The number of nitrogens with zero attached hydrogens (tertiary/aromatic N) is 4. The molecule has 0 unspecified atom stereocenters. The van der Waals surface area contributed by atoms with E-state index in [1.54, 1.807) is 21.5 Å². The summed E-state index contributed by atoms with van der Waals surface area (Å²) in [6.07, 6.45) is 3.62. The molecule has 0 fully saturated rings. The molecule has 0 bridgehead atoms. The minimum Gasteiger partial charge on any atom is -0.491 e. The fourth-order valence-corrected chi connectivity index (χ4v) is 3.71. The molecule has 0 saturated carbocycles. The van der Waals surface area contributed by atoms with Gasteiger partial charge >= 0.3 is 0 Å². The van der Waals surface area contributed by atoms with Gasteiger partial charge in [0.05, 0.1) is 18.3 Å². The minimum atomic E-state index is -0.133. The van der Waals surface area contributed by atoms with Crippen LogP contribution in [0.25, 0.3) is 28.2 Å². The Morgan fingerprint density at radius 3 is 2.48 bits per heavy atom. The number of aromatic nitrogens is 4. The molecule has 2 aromatic carbocycles. The van der Waals surface area contributed by atoms with Crippen LogP contribution >= 0.6 is 0 Å². The van der Waals surface area contributed by atoms with Crippen LogP contribution in [0, 0.1) is 6.92 Å². The standard InChI is InChI=1S/C26H24N4O3/c1-17(2)32-21-11-9-20(10-12-21)25-27-23(18(3)33-25)16-29-13-14-30-24(26(29)31)15-22(28-30)19-7-5-4-6-8-19/h4-15,17H,16H2,1-3H3. The maximum Gasteiger partial charge on any atom is 0.276 e. The molecule has 0 aliphatic carbocycles. The molecule has 5 rings (SSSR count). The van der Waals surface area contributed by atoms with Crippen LogP contribution < -0.4 is 10.3 Å². The van der Waals surface area contributed by atoms with Gasteiger partial charge in [-0.2, -0.15) is 5.10 Å². The van der Waals surface area contributed by atoms with E-state index in [2.05, 4.69) is 10.1 Å². The highest BCUT2D eigenvalue weighted by atomic mass is 16.5. The van der Waals surface area contributed by atoms with Crippen molar-refractivity contribution < 1.29 is 9.15 Å². The van der Waals surface area contributed by atoms with Crippen LogP contribution in [-0.4, -0.2) is 25.3 Å². The fourth-order valence-electron chi connectivity index (χ4n) is 3.71. The van der Waals surface area contributed by atoms with Crippen molar-refractivity contribution in [1.29, 1.82) is 0 Å². The third-order valence-electron chi connectivity index (χ3n) is 5.36. The molecule has 33 heavy (non-hydrogen) atoms. The lowest BCUT2D eigenvalue weighted by atomic mass is 10.1. The van der Waals surface area contributed by atoms with E-state index in [9.17, 15) is 4.79 Å².